The van der Waals surface area contributed by atoms with Crippen LogP contribution in [0, 0.1) is 5.92 Å². The van der Waals surface area contributed by atoms with E-state index in [9.17, 15) is 30.0 Å². The molecule has 9 nitrogen and oxygen atoms in total. The van der Waals surface area contributed by atoms with Crippen molar-refractivity contribution in [3.63, 3.8) is 0 Å². The second-order valence-corrected chi connectivity index (χ2v) is 12.4. The van der Waals surface area contributed by atoms with Crippen molar-refractivity contribution in [1.82, 2.24) is 13.5 Å². The fourth-order valence-electron chi connectivity index (χ4n) is 3.59. The highest BCUT2D eigenvalue weighted by Crippen LogP contribution is 2.29. The average Bonchev–Trinajstić information content (AvgIpc) is 2.81. The van der Waals surface area contributed by atoms with Crippen molar-refractivity contribution >= 4 is 26.0 Å². The van der Waals surface area contributed by atoms with Crippen molar-refractivity contribution < 1.29 is 39.9 Å². The highest BCUT2D eigenvalue weighted by atomic mass is 32.2. The van der Waals surface area contributed by atoms with E-state index in [2.05, 4.69) is 18.7 Å². The molecule has 2 heterocycles. The fraction of sp³-hybridized carbons (Fsp3) is 0.938. The highest BCUT2D eigenvalue weighted by molar-refractivity contribution is 7.92. The summed E-state index contributed by atoms with van der Waals surface area (Å²) < 4.78 is 84.0. The minimum absolute atomic E-state index is 0.0708. The van der Waals surface area contributed by atoms with Crippen molar-refractivity contribution in [2.45, 2.75) is 44.2 Å². The molecular formula is C16H30F3N3O6S2. The molecule has 30 heavy (non-hydrogen) atoms. The summed E-state index contributed by atoms with van der Waals surface area (Å²) in [6, 6.07) is -0.0708. The molecule has 0 unspecified atom stereocenters. The lowest BCUT2D eigenvalue weighted by atomic mass is 10.0. The van der Waals surface area contributed by atoms with Gasteiger partial charge in [-0.1, -0.05) is 13.8 Å². The van der Waals surface area contributed by atoms with Gasteiger partial charge in [0.15, 0.2) is 9.84 Å². The Balaban J connectivity index is 0.000000553. The molecule has 0 aliphatic carbocycles. The van der Waals surface area contributed by atoms with E-state index < -0.39 is 37.4 Å². The van der Waals surface area contributed by atoms with Gasteiger partial charge in [0.05, 0.1) is 11.0 Å². The number of rotatable bonds is 4. The van der Waals surface area contributed by atoms with Crippen molar-refractivity contribution in [1.29, 1.82) is 0 Å². The number of carbonyl (C=O) groups is 1. The Morgan fingerprint density at radius 2 is 1.67 bits per heavy atom. The van der Waals surface area contributed by atoms with Crippen molar-refractivity contribution in [2.24, 2.45) is 5.92 Å². The molecule has 0 bridgehead atoms. The van der Waals surface area contributed by atoms with Crippen molar-refractivity contribution in [3.05, 3.63) is 0 Å². The maximum atomic E-state index is 12.5. The molecule has 14 heteroatoms. The Morgan fingerprint density at radius 1 is 1.17 bits per heavy atom. The van der Waals surface area contributed by atoms with E-state index in [1.54, 1.807) is 0 Å². The lowest BCUT2D eigenvalue weighted by molar-refractivity contribution is -0.192. The van der Waals surface area contributed by atoms with Gasteiger partial charge in [-0.3, -0.25) is 4.90 Å². The zero-order valence-electron chi connectivity index (χ0n) is 17.5. The molecule has 1 N–H and O–H groups in total. The second kappa shape index (κ2) is 10.1. The molecule has 0 aromatic rings. The van der Waals surface area contributed by atoms with Crippen LogP contribution < -0.4 is 0 Å². The van der Waals surface area contributed by atoms with E-state index in [-0.39, 0.29) is 18.3 Å². The summed E-state index contributed by atoms with van der Waals surface area (Å²) in [6.07, 6.45) is -4.13. The van der Waals surface area contributed by atoms with Gasteiger partial charge in [0, 0.05) is 46.3 Å². The summed E-state index contributed by atoms with van der Waals surface area (Å²) in [4.78, 5) is 11.1. The first kappa shape index (κ1) is 27.1. The maximum Gasteiger partial charge on any atom is 0.490 e. The quantitative estimate of drug-likeness (QED) is 0.627. The molecule has 178 valence electrons. The van der Waals surface area contributed by atoms with E-state index in [4.69, 9.17) is 9.90 Å². The number of hydrogen-bond donors (Lipinski definition) is 1. The van der Waals surface area contributed by atoms with Crippen LogP contribution >= 0.6 is 0 Å². The molecule has 2 aliphatic heterocycles. The fourth-order valence-corrected chi connectivity index (χ4v) is 6.77. The first-order valence-corrected chi connectivity index (χ1v) is 12.5. The van der Waals surface area contributed by atoms with Gasteiger partial charge in [0.25, 0.3) is 10.2 Å². The first-order valence-electron chi connectivity index (χ1n) is 9.43. The van der Waals surface area contributed by atoms with Gasteiger partial charge in [-0.05, 0) is 18.8 Å². The predicted molar refractivity (Wildman–Crippen MR) is 105 cm³/mol. The number of alkyl halides is 3. The minimum atomic E-state index is -5.08. The Kier molecular flexibility index (Phi) is 9.12. The normalized spacial score (nSPS) is 25.9. The average molecular weight is 482 g/mol. The van der Waals surface area contributed by atoms with E-state index in [1.165, 1.54) is 22.7 Å². The molecule has 0 aromatic carbocycles. The molecule has 0 radical (unpaired) electrons. The molecule has 0 amide bonds. The summed E-state index contributed by atoms with van der Waals surface area (Å²) in [6.45, 7) is 6.32. The van der Waals surface area contributed by atoms with Gasteiger partial charge in [-0.15, -0.1) is 0 Å². The van der Waals surface area contributed by atoms with E-state index >= 15 is 0 Å². The lowest BCUT2D eigenvalue weighted by Gasteiger charge is -2.40. The zero-order chi connectivity index (χ0) is 23.5. The Hall–Kier alpha value is -0.960. The first-order chi connectivity index (χ1) is 13.5. The van der Waals surface area contributed by atoms with Crippen LogP contribution in [0.2, 0.25) is 0 Å². The predicted octanol–water partition coefficient (Wildman–Crippen LogP) is 0.646. The number of carboxylic acids is 1. The number of aliphatic carboxylic acids is 1. The number of halogens is 3. The van der Waals surface area contributed by atoms with Gasteiger partial charge in [-0.25, -0.2) is 13.2 Å². The van der Waals surface area contributed by atoms with Crippen LogP contribution in [0.4, 0.5) is 13.2 Å². The topological polar surface area (TPSA) is 115 Å². The highest BCUT2D eigenvalue weighted by Gasteiger charge is 2.44. The molecule has 0 aromatic heterocycles. The second-order valence-electron chi connectivity index (χ2n) is 7.93. The van der Waals surface area contributed by atoms with E-state index in [1.807, 2.05) is 0 Å². The number of nitrogens with zero attached hydrogens (tertiary/aromatic N) is 3. The third-order valence-corrected chi connectivity index (χ3v) is 9.15. The Morgan fingerprint density at radius 3 is 2.10 bits per heavy atom. The summed E-state index contributed by atoms with van der Waals surface area (Å²) in [5.74, 6) is -2.12. The van der Waals surface area contributed by atoms with Crippen molar-refractivity contribution in [2.75, 3.05) is 46.0 Å². The summed E-state index contributed by atoms with van der Waals surface area (Å²) in [7, 11) is -3.61. The van der Waals surface area contributed by atoms with Gasteiger partial charge in [0.1, 0.15) is 0 Å². The number of hydrogen-bond acceptors (Lipinski definition) is 6. The Labute approximate surface area is 175 Å². The monoisotopic (exact) mass is 481 g/mol. The molecule has 2 fully saturated rings. The van der Waals surface area contributed by atoms with Crippen LogP contribution in [0.3, 0.4) is 0 Å². The third-order valence-electron chi connectivity index (χ3n) is 4.99. The largest absolute Gasteiger partial charge is 0.490 e. The van der Waals surface area contributed by atoms with Crippen molar-refractivity contribution in [3.8, 4) is 0 Å². The number of fused-ring (bicyclic) bond motifs is 1. The van der Waals surface area contributed by atoms with Gasteiger partial charge in [-0.2, -0.15) is 30.2 Å². The van der Waals surface area contributed by atoms with Crippen LogP contribution in [0.15, 0.2) is 0 Å². The molecule has 0 saturated carbocycles. The smallest absolute Gasteiger partial charge is 0.475 e. The van der Waals surface area contributed by atoms with E-state index in [0.717, 1.165) is 6.54 Å². The minimum Gasteiger partial charge on any atom is -0.475 e. The van der Waals surface area contributed by atoms with Crippen LogP contribution in [-0.4, -0.2) is 105 Å². The molecular weight excluding hydrogens is 451 g/mol. The molecule has 2 atom stereocenters. The maximum absolute atomic E-state index is 12.5. The van der Waals surface area contributed by atoms with Crippen LogP contribution in [0.5, 0.6) is 0 Å². The SMILES string of the molecule is CC(C)CN1CCS(=O)(=O)[C@@H]2CCN(S(=O)(=O)N(C)C)CC[C@@H]21.O=C(O)C(F)(F)F. The molecule has 2 saturated heterocycles. The zero-order valence-corrected chi connectivity index (χ0v) is 19.1. The number of carboxylic acid groups (broad SMARTS) is 1. The molecule has 2 rings (SSSR count). The summed E-state index contributed by atoms with van der Waals surface area (Å²) in [5, 5.41) is 6.68. The van der Waals surface area contributed by atoms with Gasteiger partial charge in [0.2, 0.25) is 0 Å². The van der Waals surface area contributed by atoms with Crippen LogP contribution in [0.25, 0.3) is 0 Å². The Bertz CT molecular complexity index is 800. The summed E-state index contributed by atoms with van der Waals surface area (Å²) in [5.41, 5.74) is 0. The van der Waals surface area contributed by atoms with Crippen LogP contribution in [0.1, 0.15) is 26.7 Å². The van der Waals surface area contributed by atoms with Gasteiger partial charge >= 0.3 is 12.1 Å². The number of sulfone groups is 1. The van der Waals surface area contributed by atoms with E-state index in [0.29, 0.717) is 31.8 Å². The lowest BCUT2D eigenvalue weighted by Crippen LogP contribution is -2.55. The molecule has 2 aliphatic rings. The summed E-state index contributed by atoms with van der Waals surface area (Å²) >= 11 is 0. The standard InChI is InChI=1S/C14H29N3O4S2.C2HF3O2/c1-12(2)11-16-9-10-22(18,19)14-6-8-17(7-5-13(14)16)23(20,21)15(3)4;3-2(4,5)1(6)7/h12-14H,5-11H2,1-4H3;(H,6,7)/t13-,14+;/m0./s1. The van der Waals surface area contributed by atoms with Gasteiger partial charge < -0.3 is 5.11 Å². The molecule has 0 spiro atoms. The van der Waals surface area contributed by atoms with Crippen LogP contribution in [-0.2, 0) is 24.8 Å². The third kappa shape index (κ3) is 7.04.